The van der Waals surface area contributed by atoms with Crippen LogP contribution in [0.5, 0.6) is 11.5 Å². The van der Waals surface area contributed by atoms with Crippen molar-refractivity contribution in [2.75, 3.05) is 11.7 Å². The predicted octanol–water partition coefficient (Wildman–Crippen LogP) is 3.58. The van der Waals surface area contributed by atoms with Crippen molar-refractivity contribution < 1.29 is 28.6 Å². The molecule has 1 saturated heterocycles. The first kappa shape index (κ1) is 18.8. The molecule has 5 rings (SSSR count). The van der Waals surface area contributed by atoms with Crippen LogP contribution in [0, 0.1) is 5.82 Å². The van der Waals surface area contributed by atoms with Crippen LogP contribution >= 0.6 is 0 Å². The summed E-state index contributed by atoms with van der Waals surface area (Å²) >= 11 is 0. The molecule has 31 heavy (non-hydrogen) atoms. The van der Waals surface area contributed by atoms with Crippen LogP contribution in [0.25, 0.3) is 5.76 Å². The van der Waals surface area contributed by atoms with Gasteiger partial charge in [-0.1, -0.05) is 6.07 Å². The lowest BCUT2D eigenvalue weighted by molar-refractivity contribution is -0.132. The number of fused-ring (bicyclic) bond motifs is 1. The number of aliphatic hydroxyl groups is 1. The number of Topliss-reactive ketones (excluding diaryl/α,β-unsaturated/α-hetero) is 1. The second-order valence-corrected chi connectivity index (χ2v) is 6.97. The molecule has 1 fully saturated rings. The van der Waals surface area contributed by atoms with E-state index in [0.717, 1.165) is 0 Å². The molecule has 2 aliphatic rings. The van der Waals surface area contributed by atoms with E-state index in [4.69, 9.17) is 9.47 Å². The smallest absolute Gasteiger partial charge is 0.300 e. The molecule has 0 bridgehead atoms. The largest absolute Gasteiger partial charge is 0.507 e. The third kappa shape index (κ3) is 3.09. The average molecular weight is 418 g/mol. The van der Waals surface area contributed by atoms with E-state index < -0.39 is 23.5 Å². The summed E-state index contributed by atoms with van der Waals surface area (Å²) in [6, 6.07) is 14.0. The number of hydrogen-bond acceptors (Lipinski definition) is 6. The van der Waals surface area contributed by atoms with Gasteiger partial charge in [-0.2, -0.15) is 0 Å². The molecular weight excluding hydrogens is 403 g/mol. The number of carbonyl (C=O) groups excluding carboxylic acids is 2. The van der Waals surface area contributed by atoms with Crippen molar-refractivity contribution in [3.05, 3.63) is 89.5 Å². The number of carbonyl (C=O) groups is 2. The fourth-order valence-electron chi connectivity index (χ4n) is 3.72. The zero-order valence-corrected chi connectivity index (χ0v) is 16.0. The number of aliphatic hydroxyl groups excluding tert-OH is 1. The zero-order chi connectivity index (χ0) is 21.5. The van der Waals surface area contributed by atoms with Gasteiger partial charge in [0.1, 0.15) is 17.6 Å². The van der Waals surface area contributed by atoms with Crippen LogP contribution in [0.3, 0.4) is 0 Å². The molecular formula is C23H15FN2O5. The highest BCUT2D eigenvalue weighted by Gasteiger charge is 2.47. The molecule has 2 aromatic carbocycles. The van der Waals surface area contributed by atoms with Crippen molar-refractivity contribution >= 4 is 23.1 Å². The van der Waals surface area contributed by atoms with Gasteiger partial charge in [0.05, 0.1) is 11.3 Å². The zero-order valence-electron chi connectivity index (χ0n) is 16.0. The second kappa shape index (κ2) is 7.24. The summed E-state index contributed by atoms with van der Waals surface area (Å²) in [4.78, 5) is 31.5. The molecule has 1 aromatic heterocycles. The lowest BCUT2D eigenvalue weighted by Gasteiger charge is -2.24. The Morgan fingerprint density at radius 1 is 1.03 bits per heavy atom. The van der Waals surface area contributed by atoms with Crippen molar-refractivity contribution in [3.63, 3.8) is 0 Å². The number of rotatable bonds is 3. The number of ether oxygens (including phenoxy) is 2. The van der Waals surface area contributed by atoms with E-state index in [2.05, 4.69) is 4.98 Å². The first-order valence-electron chi connectivity index (χ1n) is 9.42. The van der Waals surface area contributed by atoms with Gasteiger partial charge in [0, 0.05) is 17.4 Å². The number of amides is 1. The van der Waals surface area contributed by atoms with Gasteiger partial charge in [-0.05, 0) is 54.6 Å². The summed E-state index contributed by atoms with van der Waals surface area (Å²) in [6.07, 6.45) is 1.53. The number of hydrogen-bond donors (Lipinski definition) is 1. The third-order valence-corrected chi connectivity index (χ3v) is 5.16. The predicted molar refractivity (Wildman–Crippen MR) is 108 cm³/mol. The minimum atomic E-state index is -0.989. The Labute approximate surface area is 176 Å². The van der Waals surface area contributed by atoms with Crippen LogP contribution in [0.2, 0.25) is 0 Å². The monoisotopic (exact) mass is 418 g/mol. The Bertz CT molecular complexity index is 1220. The van der Waals surface area contributed by atoms with Gasteiger partial charge >= 0.3 is 0 Å². The Balaban J connectivity index is 1.69. The van der Waals surface area contributed by atoms with Crippen molar-refractivity contribution in [1.82, 2.24) is 4.98 Å². The molecule has 0 radical (unpaired) electrons. The highest BCUT2D eigenvalue weighted by atomic mass is 19.1. The number of pyridine rings is 1. The number of aromatic nitrogens is 1. The van der Waals surface area contributed by atoms with Crippen LogP contribution in [-0.4, -0.2) is 28.6 Å². The fourth-order valence-corrected chi connectivity index (χ4v) is 3.72. The summed E-state index contributed by atoms with van der Waals surface area (Å²) in [5.74, 6) is -1.61. The van der Waals surface area contributed by atoms with Crippen LogP contribution in [0.4, 0.5) is 10.1 Å². The molecule has 0 saturated carbocycles. The van der Waals surface area contributed by atoms with E-state index in [0.29, 0.717) is 28.4 Å². The van der Waals surface area contributed by atoms with Gasteiger partial charge in [-0.25, -0.2) is 4.39 Å². The summed E-state index contributed by atoms with van der Waals surface area (Å²) in [5, 5.41) is 11.1. The molecule has 0 spiro atoms. The summed E-state index contributed by atoms with van der Waals surface area (Å²) in [6.45, 7) is 0.0580. The molecule has 2 aliphatic heterocycles. The molecule has 7 nitrogen and oxygen atoms in total. The molecule has 1 N–H and O–H groups in total. The normalized spacial score (nSPS) is 19.1. The molecule has 1 amide bonds. The van der Waals surface area contributed by atoms with E-state index in [1.807, 2.05) is 0 Å². The van der Waals surface area contributed by atoms with Crippen molar-refractivity contribution in [1.29, 1.82) is 0 Å². The molecule has 154 valence electrons. The third-order valence-electron chi connectivity index (χ3n) is 5.16. The lowest BCUT2D eigenvalue weighted by atomic mass is 9.98. The lowest BCUT2D eigenvalue weighted by Crippen LogP contribution is -2.29. The molecule has 8 heteroatoms. The van der Waals surface area contributed by atoms with E-state index in [1.165, 1.54) is 35.4 Å². The van der Waals surface area contributed by atoms with E-state index >= 15 is 0 Å². The first-order chi connectivity index (χ1) is 15.0. The van der Waals surface area contributed by atoms with Crippen molar-refractivity contribution in [3.8, 4) is 11.5 Å². The Kier molecular flexibility index (Phi) is 4.39. The summed E-state index contributed by atoms with van der Waals surface area (Å²) < 4.78 is 24.1. The number of anilines is 1. The summed E-state index contributed by atoms with van der Waals surface area (Å²) in [7, 11) is 0. The maximum absolute atomic E-state index is 13.4. The minimum absolute atomic E-state index is 0.0580. The van der Waals surface area contributed by atoms with Crippen LogP contribution in [0.15, 0.2) is 72.4 Å². The van der Waals surface area contributed by atoms with Crippen LogP contribution < -0.4 is 14.4 Å². The number of halogens is 1. The topological polar surface area (TPSA) is 89.0 Å². The second-order valence-electron chi connectivity index (χ2n) is 6.97. The number of ketones is 1. The van der Waals surface area contributed by atoms with Gasteiger partial charge in [-0.3, -0.25) is 19.5 Å². The molecule has 3 heterocycles. The van der Waals surface area contributed by atoms with Gasteiger partial charge in [0.2, 0.25) is 6.79 Å². The van der Waals surface area contributed by atoms with Crippen molar-refractivity contribution in [2.45, 2.75) is 6.04 Å². The Morgan fingerprint density at radius 2 is 1.81 bits per heavy atom. The average Bonchev–Trinajstić information content (AvgIpc) is 3.37. The SMILES string of the molecule is O=C1C(=O)N(c2ccc(F)cc2)C(c2ccccn2)/C1=C(/O)c1ccc2c(c1)OCO2. The maximum Gasteiger partial charge on any atom is 0.300 e. The molecule has 3 aromatic rings. The molecule has 1 atom stereocenters. The molecule has 1 unspecified atom stereocenters. The highest BCUT2D eigenvalue weighted by Crippen LogP contribution is 2.42. The van der Waals surface area contributed by atoms with E-state index in [-0.39, 0.29) is 18.1 Å². The number of benzene rings is 2. The van der Waals surface area contributed by atoms with Crippen LogP contribution in [-0.2, 0) is 9.59 Å². The Morgan fingerprint density at radius 3 is 2.55 bits per heavy atom. The Hall–Kier alpha value is -4.20. The van der Waals surface area contributed by atoms with Gasteiger partial charge in [0.25, 0.3) is 11.7 Å². The minimum Gasteiger partial charge on any atom is -0.507 e. The standard InChI is InChI=1S/C23H15FN2O5/c24-14-5-7-15(8-6-14)26-20(16-3-1-2-10-25-16)19(22(28)23(26)29)21(27)13-4-9-17-18(11-13)31-12-30-17/h1-11,20,27H,12H2/b21-19-. The van der Waals surface area contributed by atoms with Gasteiger partial charge in [-0.15, -0.1) is 0 Å². The van der Waals surface area contributed by atoms with Gasteiger partial charge in [0.15, 0.2) is 11.5 Å². The quantitative estimate of drug-likeness (QED) is 0.397. The van der Waals surface area contributed by atoms with Gasteiger partial charge < -0.3 is 14.6 Å². The highest BCUT2D eigenvalue weighted by molar-refractivity contribution is 6.51. The van der Waals surface area contributed by atoms with Crippen LogP contribution in [0.1, 0.15) is 17.3 Å². The van der Waals surface area contributed by atoms with Crippen molar-refractivity contribution in [2.24, 2.45) is 0 Å². The molecule has 0 aliphatic carbocycles. The summed E-state index contributed by atoms with van der Waals surface area (Å²) in [5.41, 5.74) is 0.867. The number of nitrogens with zero attached hydrogens (tertiary/aromatic N) is 2. The maximum atomic E-state index is 13.4. The van der Waals surface area contributed by atoms with E-state index in [1.54, 1.807) is 36.4 Å². The first-order valence-corrected chi connectivity index (χ1v) is 9.42. The van der Waals surface area contributed by atoms with E-state index in [9.17, 15) is 19.1 Å². The fraction of sp³-hybridized carbons (Fsp3) is 0.0870.